The molecular weight excluding hydrogens is 448 g/mol. The highest BCUT2D eigenvalue weighted by atomic mass is 32.1. The molecule has 34 heavy (non-hydrogen) atoms. The molecule has 0 N–H and O–H groups in total. The number of rotatable bonds is 4. The zero-order valence-electron chi connectivity index (χ0n) is 19.7. The molecular formula is C26H28N4O3S. The van der Waals surface area contributed by atoms with Crippen LogP contribution in [0, 0.1) is 0 Å². The molecule has 2 aromatic heterocycles. The van der Waals surface area contributed by atoms with Crippen molar-refractivity contribution in [2.45, 2.75) is 51.6 Å². The standard InChI is InChI=1S/C26H28N4O3S/c1-26(2,3)33-25(31)30-13-11-18(12-14-30)24-29-28-22(32-24)16-23-27-20-10-9-19(15-21(20)34-23)17-7-5-4-6-8-17/h4-10,15,18H,11-14,16H2,1-3H3. The van der Waals surface area contributed by atoms with Gasteiger partial charge < -0.3 is 14.1 Å². The molecule has 7 nitrogen and oxygen atoms in total. The van der Waals surface area contributed by atoms with E-state index in [0.29, 0.717) is 31.3 Å². The van der Waals surface area contributed by atoms with Crippen molar-refractivity contribution in [3.8, 4) is 11.1 Å². The number of fused-ring (bicyclic) bond motifs is 1. The maximum atomic E-state index is 12.3. The second-order valence-electron chi connectivity index (χ2n) is 9.61. The first-order valence-electron chi connectivity index (χ1n) is 11.6. The first kappa shape index (κ1) is 22.5. The number of benzene rings is 2. The molecule has 1 fully saturated rings. The zero-order chi connectivity index (χ0) is 23.7. The molecule has 0 radical (unpaired) electrons. The summed E-state index contributed by atoms with van der Waals surface area (Å²) in [7, 11) is 0. The van der Waals surface area contributed by atoms with E-state index in [2.05, 4.69) is 40.5 Å². The van der Waals surface area contributed by atoms with Crippen molar-refractivity contribution in [3.63, 3.8) is 0 Å². The van der Waals surface area contributed by atoms with Gasteiger partial charge in [-0.25, -0.2) is 9.78 Å². The van der Waals surface area contributed by atoms with E-state index in [1.165, 1.54) is 11.1 Å². The maximum Gasteiger partial charge on any atom is 0.410 e. The molecule has 1 amide bonds. The van der Waals surface area contributed by atoms with Gasteiger partial charge in [0.15, 0.2) is 0 Å². The fourth-order valence-corrected chi connectivity index (χ4v) is 5.12. The molecule has 0 atom stereocenters. The normalized spacial score (nSPS) is 15.1. The summed E-state index contributed by atoms with van der Waals surface area (Å²) in [5, 5.41) is 9.52. The summed E-state index contributed by atoms with van der Waals surface area (Å²) >= 11 is 1.66. The Morgan fingerprint density at radius 3 is 2.59 bits per heavy atom. The van der Waals surface area contributed by atoms with Crippen LogP contribution in [0.25, 0.3) is 21.3 Å². The number of carbonyl (C=O) groups excluding carboxylic acids is 1. The van der Waals surface area contributed by atoms with Crippen LogP contribution in [0.3, 0.4) is 0 Å². The van der Waals surface area contributed by atoms with Gasteiger partial charge in [-0.1, -0.05) is 36.4 Å². The Morgan fingerprint density at radius 2 is 1.85 bits per heavy atom. The van der Waals surface area contributed by atoms with Crippen LogP contribution in [0.4, 0.5) is 4.79 Å². The molecule has 4 aromatic rings. The number of piperidine rings is 1. The molecule has 1 aliphatic heterocycles. The van der Waals surface area contributed by atoms with E-state index >= 15 is 0 Å². The predicted octanol–water partition coefficient (Wildman–Crippen LogP) is 6.05. The molecule has 1 saturated heterocycles. The highest BCUT2D eigenvalue weighted by Crippen LogP contribution is 2.31. The van der Waals surface area contributed by atoms with Crippen molar-refractivity contribution >= 4 is 27.6 Å². The number of likely N-dealkylation sites (tertiary alicyclic amines) is 1. The summed E-state index contributed by atoms with van der Waals surface area (Å²) < 4.78 is 12.6. The van der Waals surface area contributed by atoms with E-state index in [-0.39, 0.29) is 12.0 Å². The molecule has 2 aromatic carbocycles. The molecule has 176 valence electrons. The van der Waals surface area contributed by atoms with Gasteiger partial charge in [0.2, 0.25) is 11.8 Å². The summed E-state index contributed by atoms with van der Waals surface area (Å²) in [6, 6.07) is 16.7. The minimum Gasteiger partial charge on any atom is -0.444 e. The highest BCUT2D eigenvalue weighted by molar-refractivity contribution is 7.18. The number of ether oxygens (including phenoxy) is 1. The zero-order valence-corrected chi connectivity index (χ0v) is 20.5. The topological polar surface area (TPSA) is 81.4 Å². The highest BCUT2D eigenvalue weighted by Gasteiger charge is 2.30. The minimum absolute atomic E-state index is 0.156. The summed E-state index contributed by atoms with van der Waals surface area (Å²) in [6.07, 6.45) is 1.82. The molecule has 0 bridgehead atoms. The van der Waals surface area contributed by atoms with E-state index in [1.54, 1.807) is 16.2 Å². The molecule has 0 unspecified atom stereocenters. The van der Waals surface area contributed by atoms with Gasteiger partial charge in [0, 0.05) is 19.0 Å². The van der Waals surface area contributed by atoms with Gasteiger partial charge in [0.05, 0.1) is 16.6 Å². The van der Waals surface area contributed by atoms with Crippen LogP contribution in [0.5, 0.6) is 0 Å². The Kier molecular flexibility index (Phi) is 6.08. The molecule has 5 rings (SSSR count). The average molecular weight is 477 g/mol. The average Bonchev–Trinajstić information content (AvgIpc) is 3.45. The first-order valence-corrected chi connectivity index (χ1v) is 12.4. The monoisotopic (exact) mass is 476 g/mol. The Hall–Kier alpha value is -3.26. The Labute approximate surface area is 202 Å². The Morgan fingerprint density at radius 1 is 1.09 bits per heavy atom. The Bertz CT molecular complexity index is 1280. The Balaban J connectivity index is 1.22. The van der Waals surface area contributed by atoms with Gasteiger partial charge >= 0.3 is 6.09 Å². The van der Waals surface area contributed by atoms with Gasteiger partial charge in [0.25, 0.3) is 0 Å². The lowest BCUT2D eigenvalue weighted by atomic mass is 9.97. The van der Waals surface area contributed by atoms with Gasteiger partial charge in [0.1, 0.15) is 10.6 Å². The molecule has 0 spiro atoms. The second-order valence-corrected chi connectivity index (χ2v) is 10.7. The summed E-state index contributed by atoms with van der Waals surface area (Å²) in [6.45, 7) is 6.89. The largest absolute Gasteiger partial charge is 0.444 e. The number of hydrogen-bond acceptors (Lipinski definition) is 7. The number of aromatic nitrogens is 3. The maximum absolute atomic E-state index is 12.3. The van der Waals surface area contributed by atoms with Gasteiger partial charge in [-0.3, -0.25) is 0 Å². The lowest BCUT2D eigenvalue weighted by Crippen LogP contribution is -2.41. The number of nitrogens with zero attached hydrogens (tertiary/aromatic N) is 4. The number of thiazole rings is 1. The molecule has 1 aliphatic rings. The number of carbonyl (C=O) groups is 1. The van der Waals surface area contributed by atoms with Crippen molar-refractivity contribution < 1.29 is 13.9 Å². The van der Waals surface area contributed by atoms with Crippen molar-refractivity contribution in [1.29, 1.82) is 0 Å². The SMILES string of the molecule is CC(C)(C)OC(=O)N1CCC(c2nnc(Cc3nc4ccc(-c5ccccc5)cc4s3)o2)CC1. The summed E-state index contributed by atoms with van der Waals surface area (Å²) in [5.41, 5.74) is 2.87. The fourth-order valence-electron chi connectivity index (χ4n) is 4.13. The van der Waals surface area contributed by atoms with E-state index in [0.717, 1.165) is 28.1 Å². The third-order valence-electron chi connectivity index (χ3n) is 5.82. The third-order valence-corrected chi connectivity index (χ3v) is 6.84. The lowest BCUT2D eigenvalue weighted by Gasteiger charge is -2.32. The van der Waals surface area contributed by atoms with Crippen LogP contribution in [0.1, 0.15) is 56.3 Å². The predicted molar refractivity (Wildman–Crippen MR) is 132 cm³/mol. The minimum atomic E-state index is -0.487. The van der Waals surface area contributed by atoms with E-state index < -0.39 is 5.60 Å². The molecule has 3 heterocycles. The van der Waals surface area contributed by atoms with Gasteiger partial charge in [-0.2, -0.15) is 0 Å². The van der Waals surface area contributed by atoms with Gasteiger partial charge in [-0.15, -0.1) is 21.5 Å². The van der Waals surface area contributed by atoms with Crippen molar-refractivity contribution in [2.75, 3.05) is 13.1 Å². The van der Waals surface area contributed by atoms with Crippen LogP contribution in [0.2, 0.25) is 0 Å². The van der Waals surface area contributed by atoms with Crippen molar-refractivity contribution in [3.05, 3.63) is 65.3 Å². The fraction of sp³-hybridized carbons (Fsp3) is 0.385. The molecule has 8 heteroatoms. The van der Waals surface area contributed by atoms with E-state index in [4.69, 9.17) is 14.1 Å². The number of amides is 1. The summed E-state index contributed by atoms with van der Waals surface area (Å²) in [4.78, 5) is 18.8. The van der Waals surface area contributed by atoms with Crippen LogP contribution in [-0.2, 0) is 11.2 Å². The smallest absolute Gasteiger partial charge is 0.410 e. The lowest BCUT2D eigenvalue weighted by molar-refractivity contribution is 0.0199. The molecule has 0 saturated carbocycles. The number of hydrogen-bond donors (Lipinski definition) is 0. The van der Waals surface area contributed by atoms with Crippen LogP contribution < -0.4 is 0 Å². The first-order chi connectivity index (χ1) is 16.3. The van der Waals surface area contributed by atoms with Crippen LogP contribution >= 0.6 is 11.3 Å². The second kappa shape index (κ2) is 9.18. The van der Waals surface area contributed by atoms with Crippen molar-refractivity contribution in [1.82, 2.24) is 20.1 Å². The van der Waals surface area contributed by atoms with Crippen molar-refractivity contribution in [2.24, 2.45) is 0 Å². The molecule has 0 aliphatic carbocycles. The van der Waals surface area contributed by atoms with E-state index in [1.807, 2.05) is 39.0 Å². The summed E-state index contributed by atoms with van der Waals surface area (Å²) in [5.74, 6) is 1.38. The quantitative estimate of drug-likeness (QED) is 0.357. The van der Waals surface area contributed by atoms with Crippen LogP contribution in [-0.4, -0.2) is 44.9 Å². The van der Waals surface area contributed by atoms with E-state index in [9.17, 15) is 4.79 Å². The van der Waals surface area contributed by atoms with Crippen LogP contribution in [0.15, 0.2) is 52.9 Å². The van der Waals surface area contributed by atoms with Gasteiger partial charge in [-0.05, 0) is 56.9 Å². The third kappa shape index (κ3) is 5.12.